The maximum Gasteiger partial charge on any atom is 0.157 e. The van der Waals surface area contributed by atoms with E-state index < -0.39 is 0 Å². The van der Waals surface area contributed by atoms with Crippen LogP contribution in [0.4, 0.5) is 0 Å². The van der Waals surface area contributed by atoms with Gasteiger partial charge in [0.2, 0.25) is 0 Å². The Balaban J connectivity index is 1.91. The van der Waals surface area contributed by atoms with Gasteiger partial charge in [-0.1, -0.05) is 39.5 Å². The Morgan fingerprint density at radius 3 is 2.59 bits per heavy atom. The molecule has 1 saturated heterocycles. The van der Waals surface area contributed by atoms with Crippen molar-refractivity contribution < 1.29 is 0 Å². The van der Waals surface area contributed by atoms with Gasteiger partial charge in [-0.05, 0) is 37.0 Å². The molecule has 1 aliphatic heterocycles. The van der Waals surface area contributed by atoms with Crippen LogP contribution in [-0.4, -0.2) is 23.0 Å². The van der Waals surface area contributed by atoms with E-state index in [4.69, 9.17) is 4.99 Å². The molecule has 1 heterocycles. The highest BCUT2D eigenvalue weighted by Gasteiger charge is 2.39. The van der Waals surface area contributed by atoms with E-state index in [0.29, 0.717) is 11.0 Å². The fourth-order valence-corrected chi connectivity index (χ4v) is 3.70. The molecule has 1 spiro atoms. The van der Waals surface area contributed by atoms with Gasteiger partial charge < -0.3 is 5.32 Å². The first-order valence-corrected chi connectivity index (χ1v) is 7.83. The first kappa shape index (κ1) is 13.3. The summed E-state index contributed by atoms with van der Waals surface area (Å²) < 4.78 is 0. The summed E-state index contributed by atoms with van der Waals surface area (Å²) in [5.41, 5.74) is 0.681. The van der Waals surface area contributed by atoms with E-state index in [1.165, 1.54) is 36.6 Å². The molecule has 0 bridgehead atoms. The Bertz CT molecular complexity index is 296. The van der Waals surface area contributed by atoms with Crippen molar-refractivity contribution in [3.05, 3.63) is 0 Å². The Labute approximate surface area is 110 Å². The average molecular weight is 254 g/mol. The Morgan fingerprint density at radius 1 is 1.35 bits per heavy atom. The van der Waals surface area contributed by atoms with E-state index in [0.717, 1.165) is 12.5 Å². The van der Waals surface area contributed by atoms with Gasteiger partial charge >= 0.3 is 0 Å². The molecule has 1 saturated carbocycles. The smallest absolute Gasteiger partial charge is 0.157 e. The topological polar surface area (TPSA) is 24.4 Å². The molecule has 0 aromatic carbocycles. The molecule has 2 nitrogen and oxygen atoms in total. The number of hydrogen-bond acceptors (Lipinski definition) is 2. The van der Waals surface area contributed by atoms with Crippen LogP contribution in [0.3, 0.4) is 0 Å². The zero-order valence-electron chi connectivity index (χ0n) is 11.7. The quantitative estimate of drug-likeness (QED) is 0.772. The van der Waals surface area contributed by atoms with Crippen molar-refractivity contribution in [3.8, 4) is 0 Å². The first-order valence-electron chi connectivity index (χ1n) is 6.84. The van der Waals surface area contributed by atoms with E-state index in [-0.39, 0.29) is 0 Å². The maximum atomic E-state index is 4.73. The average Bonchev–Trinajstić information content (AvgIpc) is 2.63. The number of hydrogen-bond donors (Lipinski definition) is 1. The van der Waals surface area contributed by atoms with Crippen LogP contribution in [-0.2, 0) is 0 Å². The highest BCUT2D eigenvalue weighted by atomic mass is 32.2. The van der Waals surface area contributed by atoms with E-state index >= 15 is 0 Å². The summed E-state index contributed by atoms with van der Waals surface area (Å²) in [6, 6.07) is 0. The SMILES string of the molecule is CC1CCC2(CC1)CSC(=NCC(C)(C)C)N2. The Kier molecular flexibility index (Phi) is 3.77. The third-order valence-corrected chi connectivity index (χ3v) is 4.99. The van der Waals surface area contributed by atoms with Gasteiger partial charge in [-0.2, -0.15) is 0 Å². The standard InChI is InChI=1S/C14H26N2S/c1-11-5-7-14(8-6-11)10-17-12(16-14)15-9-13(2,3)4/h11H,5-10H2,1-4H3,(H,15,16). The third kappa shape index (κ3) is 3.64. The molecule has 2 fully saturated rings. The second-order valence-electron chi connectivity index (χ2n) is 7.06. The lowest BCUT2D eigenvalue weighted by atomic mass is 9.78. The minimum Gasteiger partial charge on any atom is -0.359 e. The van der Waals surface area contributed by atoms with E-state index in [2.05, 4.69) is 33.0 Å². The van der Waals surface area contributed by atoms with Gasteiger partial charge in [0.1, 0.15) is 0 Å². The fraction of sp³-hybridized carbons (Fsp3) is 0.929. The summed E-state index contributed by atoms with van der Waals surface area (Å²) in [6.07, 6.45) is 5.41. The number of nitrogens with one attached hydrogen (secondary N) is 1. The van der Waals surface area contributed by atoms with Crippen LogP contribution in [0.25, 0.3) is 0 Å². The van der Waals surface area contributed by atoms with Crippen molar-refractivity contribution >= 4 is 16.9 Å². The predicted molar refractivity (Wildman–Crippen MR) is 77.7 cm³/mol. The van der Waals surface area contributed by atoms with Crippen molar-refractivity contribution in [1.82, 2.24) is 5.32 Å². The summed E-state index contributed by atoms with van der Waals surface area (Å²) in [7, 11) is 0. The number of rotatable bonds is 1. The summed E-state index contributed by atoms with van der Waals surface area (Å²) in [4.78, 5) is 4.73. The summed E-state index contributed by atoms with van der Waals surface area (Å²) in [6.45, 7) is 10.0. The minimum absolute atomic E-state index is 0.298. The van der Waals surface area contributed by atoms with Crippen LogP contribution < -0.4 is 5.32 Å². The van der Waals surface area contributed by atoms with Gasteiger partial charge in [0, 0.05) is 17.8 Å². The zero-order chi connectivity index (χ0) is 12.5. The first-order chi connectivity index (χ1) is 7.89. The Morgan fingerprint density at radius 2 is 2.00 bits per heavy atom. The van der Waals surface area contributed by atoms with E-state index in [1.807, 2.05) is 11.8 Å². The number of thioether (sulfide) groups is 1. The number of amidine groups is 1. The van der Waals surface area contributed by atoms with Crippen LogP contribution >= 0.6 is 11.8 Å². The van der Waals surface area contributed by atoms with Crippen LogP contribution in [0, 0.1) is 11.3 Å². The molecule has 0 atom stereocenters. The van der Waals surface area contributed by atoms with Crippen molar-refractivity contribution in [1.29, 1.82) is 0 Å². The van der Waals surface area contributed by atoms with Crippen LogP contribution in [0.2, 0.25) is 0 Å². The lowest BCUT2D eigenvalue weighted by Crippen LogP contribution is -2.46. The van der Waals surface area contributed by atoms with Gasteiger partial charge in [0.25, 0.3) is 0 Å². The monoisotopic (exact) mass is 254 g/mol. The molecule has 3 heteroatoms. The van der Waals surface area contributed by atoms with Gasteiger partial charge in [-0.25, -0.2) is 0 Å². The molecule has 0 aromatic heterocycles. The van der Waals surface area contributed by atoms with Gasteiger partial charge in [0.15, 0.2) is 5.17 Å². The molecule has 17 heavy (non-hydrogen) atoms. The molecule has 0 aromatic rings. The molecule has 2 aliphatic rings. The molecule has 0 unspecified atom stereocenters. The van der Waals surface area contributed by atoms with Crippen molar-refractivity contribution in [3.63, 3.8) is 0 Å². The fourth-order valence-electron chi connectivity index (χ4n) is 2.48. The second-order valence-corrected chi connectivity index (χ2v) is 8.02. The zero-order valence-corrected chi connectivity index (χ0v) is 12.5. The van der Waals surface area contributed by atoms with E-state index in [9.17, 15) is 0 Å². The Hall–Kier alpha value is -0.180. The molecule has 0 amide bonds. The molecule has 1 aliphatic carbocycles. The number of nitrogens with zero attached hydrogens (tertiary/aromatic N) is 1. The lowest BCUT2D eigenvalue weighted by molar-refractivity contribution is 0.250. The highest BCUT2D eigenvalue weighted by molar-refractivity contribution is 8.14. The molecule has 0 radical (unpaired) electrons. The minimum atomic E-state index is 0.298. The predicted octanol–water partition coefficient (Wildman–Crippen LogP) is 3.67. The van der Waals surface area contributed by atoms with Crippen molar-refractivity contribution in [2.75, 3.05) is 12.3 Å². The largest absolute Gasteiger partial charge is 0.359 e. The molecular formula is C14H26N2S. The van der Waals surface area contributed by atoms with Gasteiger partial charge in [-0.3, -0.25) is 4.99 Å². The maximum absolute atomic E-state index is 4.73. The summed E-state index contributed by atoms with van der Waals surface area (Å²) in [5.74, 6) is 2.14. The number of aliphatic imine (C=N–C) groups is 1. The van der Waals surface area contributed by atoms with Gasteiger partial charge in [-0.15, -0.1) is 0 Å². The van der Waals surface area contributed by atoms with E-state index in [1.54, 1.807) is 0 Å². The molecule has 1 N–H and O–H groups in total. The van der Waals surface area contributed by atoms with Crippen molar-refractivity contribution in [2.45, 2.75) is 58.9 Å². The van der Waals surface area contributed by atoms with Gasteiger partial charge in [0.05, 0.1) is 0 Å². The molecule has 98 valence electrons. The van der Waals surface area contributed by atoms with Crippen LogP contribution in [0.1, 0.15) is 53.4 Å². The molecular weight excluding hydrogens is 228 g/mol. The molecule has 2 rings (SSSR count). The van der Waals surface area contributed by atoms with Crippen LogP contribution in [0.5, 0.6) is 0 Å². The summed E-state index contributed by atoms with van der Waals surface area (Å²) >= 11 is 1.93. The summed E-state index contributed by atoms with van der Waals surface area (Å²) in [5, 5.41) is 4.90. The third-order valence-electron chi connectivity index (χ3n) is 3.79. The second kappa shape index (κ2) is 4.83. The highest BCUT2D eigenvalue weighted by Crippen LogP contribution is 2.38. The lowest BCUT2D eigenvalue weighted by Gasteiger charge is -2.35. The van der Waals surface area contributed by atoms with Crippen LogP contribution in [0.15, 0.2) is 4.99 Å². The normalized spacial score (nSPS) is 36.5. The van der Waals surface area contributed by atoms with Crippen molar-refractivity contribution in [2.24, 2.45) is 16.3 Å².